The lowest BCUT2D eigenvalue weighted by atomic mass is 9.93. The lowest BCUT2D eigenvalue weighted by Gasteiger charge is -2.12. The van der Waals surface area contributed by atoms with Crippen molar-refractivity contribution in [1.82, 2.24) is 0 Å². The Balaban J connectivity index is 2.38. The average molecular weight is 163 g/mol. The summed E-state index contributed by atoms with van der Waals surface area (Å²) in [6.07, 6.45) is 7.26. The fourth-order valence-electron chi connectivity index (χ4n) is 1.75. The smallest absolute Gasteiger partial charge is 0.111 e. The van der Waals surface area contributed by atoms with E-state index in [-0.39, 0.29) is 0 Å². The van der Waals surface area contributed by atoms with E-state index in [4.69, 9.17) is 10.2 Å². The summed E-state index contributed by atoms with van der Waals surface area (Å²) in [7, 11) is 0. The number of fused-ring (bicyclic) bond motifs is 1. The van der Waals surface area contributed by atoms with Gasteiger partial charge in [0, 0.05) is 18.5 Å². The first-order chi connectivity index (χ1) is 5.92. The molecule has 0 unspecified atom stereocenters. The molecule has 0 radical (unpaired) electrons. The van der Waals surface area contributed by atoms with E-state index in [1.165, 1.54) is 17.6 Å². The quantitative estimate of drug-likeness (QED) is 0.687. The third kappa shape index (κ3) is 1.18. The zero-order valence-electron chi connectivity index (χ0n) is 7.05. The third-order valence-corrected chi connectivity index (χ3v) is 2.31. The van der Waals surface area contributed by atoms with Crippen molar-refractivity contribution in [1.29, 1.82) is 0 Å². The molecule has 2 rings (SSSR count). The normalized spacial score (nSPS) is 19.6. The second-order valence-corrected chi connectivity index (χ2v) is 3.08. The average Bonchev–Trinajstić information content (AvgIpc) is 2.53. The molecule has 2 heteroatoms. The lowest BCUT2D eigenvalue weighted by molar-refractivity contribution is 0.496. The van der Waals surface area contributed by atoms with Gasteiger partial charge in [-0.1, -0.05) is 6.08 Å². The first-order valence-corrected chi connectivity index (χ1v) is 4.37. The molecule has 0 spiro atoms. The highest BCUT2D eigenvalue weighted by Gasteiger charge is 2.15. The minimum Gasteiger partial charge on any atom is -0.469 e. The Morgan fingerprint density at radius 3 is 3.25 bits per heavy atom. The van der Waals surface area contributed by atoms with Crippen molar-refractivity contribution in [2.75, 3.05) is 6.54 Å². The number of rotatable bonds is 1. The summed E-state index contributed by atoms with van der Waals surface area (Å²) in [4.78, 5) is 0. The molecule has 0 atom stereocenters. The minimum absolute atomic E-state index is 0.625. The Labute approximate surface area is 72.1 Å². The van der Waals surface area contributed by atoms with E-state index in [0.29, 0.717) is 6.54 Å². The standard InChI is InChI=1S/C10H13NO/c11-6-4-8-2-1-3-10-9(8)5-7-12-10/h4-5,7H,1-3,6,11H2/b8-4-. The van der Waals surface area contributed by atoms with Gasteiger partial charge in [0.05, 0.1) is 6.26 Å². The van der Waals surface area contributed by atoms with Crippen molar-refractivity contribution in [3.05, 3.63) is 29.7 Å². The fraction of sp³-hybridized carbons (Fsp3) is 0.400. The molecule has 12 heavy (non-hydrogen) atoms. The number of hydrogen-bond donors (Lipinski definition) is 1. The molecule has 1 aromatic rings. The van der Waals surface area contributed by atoms with Crippen LogP contribution in [0.2, 0.25) is 0 Å². The van der Waals surface area contributed by atoms with Crippen LogP contribution in [0.4, 0.5) is 0 Å². The Morgan fingerprint density at radius 2 is 2.42 bits per heavy atom. The summed E-state index contributed by atoms with van der Waals surface area (Å²) < 4.78 is 5.35. The molecule has 2 N–H and O–H groups in total. The molecule has 0 saturated carbocycles. The van der Waals surface area contributed by atoms with Gasteiger partial charge in [0.25, 0.3) is 0 Å². The summed E-state index contributed by atoms with van der Waals surface area (Å²) >= 11 is 0. The van der Waals surface area contributed by atoms with Gasteiger partial charge < -0.3 is 10.2 Å². The molecular formula is C10H13NO. The van der Waals surface area contributed by atoms with Crippen LogP contribution >= 0.6 is 0 Å². The van der Waals surface area contributed by atoms with Crippen LogP contribution in [-0.2, 0) is 6.42 Å². The monoisotopic (exact) mass is 163 g/mol. The molecule has 0 aromatic carbocycles. The van der Waals surface area contributed by atoms with E-state index < -0.39 is 0 Å². The molecule has 0 bridgehead atoms. The van der Waals surface area contributed by atoms with Crippen molar-refractivity contribution in [3.63, 3.8) is 0 Å². The Morgan fingerprint density at radius 1 is 1.50 bits per heavy atom. The summed E-state index contributed by atoms with van der Waals surface area (Å²) in [6.45, 7) is 0.625. The molecule has 64 valence electrons. The summed E-state index contributed by atoms with van der Waals surface area (Å²) in [6, 6.07) is 2.04. The van der Waals surface area contributed by atoms with Crippen molar-refractivity contribution in [2.45, 2.75) is 19.3 Å². The van der Waals surface area contributed by atoms with E-state index in [2.05, 4.69) is 6.08 Å². The first-order valence-electron chi connectivity index (χ1n) is 4.37. The van der Waals surface area contributed by atoms with Crippen LogP contribution in [0.15, 0.2) is 22.8 Å². The maximum absolute atomic E-state index is 5.48. The van der Waals surface area contributed by atoms with Gasteiger partial charge in [-0.2, -0.15) is 0 Å². The van der Waals surface area contributed by atoms with Crippen LogP contribution in [0.25, 0.3) is 5.57 Å². The van der Waals surface area contributed by atoms with E-state index in [1.54, 1.807) is 6.26 Å². The molecule has 1 aromatic heterocycles. The summed E-state index contributed by atoms with van der Waals surface area (Å²) in [5, 5.41) is 0. The molecule has 2 nitrogen and oxygen atoms in total. The number of nitrogens with two attached hydrogens (primary N) is 1. The van der Waals surface area contributed by atoms with Gasteiger partial charge in [0.2, 0.25) is 0 Å². The first kappa shape index (κ1) is 7.62. The van der Waals surface area contributed by atoms with Crippen LogP contribution in [0.3, 0.4) is 0 Å². The lowest BCUT2D eigenvalue weighted by Crippen LogP contribution is -2.01. The van der Waals surface area contributed by atoms with Crippen LogP contribution in [0, 0.1) is 0 Å². The SMILES string of the molecule is NC/C=C1/CCCc2occc21. The van der Waals surface area contributed by atoms with Crippen LogP contribution in [0.5, 0.6) is 0 Å². The van der Waals surface area contributed by atoms with Gasteiger partial charge in [0.15, 0.2) is 0 Å². The van der Waals surface area contributed by atoms with E-state index >= 15 is 0 Å². The Hall–Kier alpha value is -1.02. The Kier molecular flexibility index (Phi) is 2.00. The predicted molar refractivity (Wildman–Crippen MR) is 48.7 cm³/mol. The van der Waals surface area contributed by atoms with Crippen molar-refractivity contribution in [3.8, 4) is 0 Å². The van der Waals surface area contributed by atoms with Crippen LogP contribution in [-0.4, -0.2) is 6.54 Å². The summed E-state index contributed by atoms with van der Waals surface area (Å²) in [5.74, 6) is 1.13. The number of hydrogen-bond acceptors (Lipinski definition) is 2. The van der Waals surface area contributed by atoms with Crippen molar-refractivity contribution >= 4 is 5.57 Å². The highest BCUT2D eigenvalue weighted by molar-refractivity contribution is 5.68. The molecule has 1 aliphatic rings. The predicted octanol–water partition coefficient (Wildman–Crippen LogP) is 1.96. The topological polar surface area (TPSA) is 39.2 Å². The number of aryl methyl sites for hydroxylation is 1. The van der Waals surface area contributed by atoms with Crippen LogP contribution < -0.4 is 5.73 Å². The highest BCUT2D eigenvalue weighted by Crippen LogP contribution is 2.30. The third-order valence-electron chi connectivity index (χ3n) is 2.31. The molecule has 0 aliphatic heterocycles. The Bertz CT molecular complexity index is 299. The second-order valence-electron chi connectivity index (χ2n) is 3.08. The second kappa shape index (κ2) is 3.15. The maximum atomic E-state index is 5.48. The van der Waals surface area contributed by atoms with Crippen molar-refractivity contribution < 1.29 is 4.42 Å². The molecule has 0 amide bonds. The maximum Gasteiger partial charge on any atom is 0.111 e. The molecule has 0 fully saturated rings. The van der Waals surface area contributed by atoms with Gasteiger partial charge in [-0.3, -0.25) is 0 Å². The minimum atomic E-state index is 0.625. The molecule has 1 aliphatic carbocycles. The summed E-state index contributed by atoms with van der Waals surface area (Å²) in [5.41, 5.74) is 8.10. The zero-order chi connectivity index (χ0) is 8.39. The van der Waals surface area contributed by atoms with E-state index in [0.717, 1.165) is 18.6 Å². The number of furan rings is 1. The van der Waals surface area contributed by atoms with E-state index in [9.17, 15) is 0 Å². The molecule has 1 heterocycles. The number of allylic oxidation sites excluding steroid dienone is 1. The fourth-order valence-corrected chi connectivity index (χ4v) is 1.75. The van der Waals surface area contributed by atoms with Gasteiger partial charge in [-0.05, 0) is 24.5 Å². The van der Waals surface area contributed by atoms with Crippen LogP contribution in [0.1, 0.15) is 24.2 Å². The van der Waals surface area contributed by atoms with Gasteiger partial charge in [-0.25, -0.2) is 0 Å². The molecular weight excluding hydrogens is 150 g/mol. The van der Waals surface area contributed by atoms with Gasteiger partial charge in [-0.15, -0.1) is 0 Å². The van der Waals surface area contributed by atoms with Gasteiger partial charge in [0.1, 0.15) is 5.76 Å². The van der Waals surface area contributed by atoms with E-state index in [1.807, 2.05) is 6.07 Å². The highest BCUT2D eigenvalue weighted by atomic mass is 16.3. The van der Waals surface area contributed by atoms with Crippen molar-refractivity contribution in [2.24, 2.45) is 5.73 Å². The van der Waals surface area contributed by atoms with Gasteiger partial charge >= 0.3 is 0 Å². The largest absolute Gasteiger partial charge is 0.469 e. The zero-order valence-corrected chi connectivity index (χ0v) is 7.05. The molecule has 0 saturated heterocycles.